The van der Waals surface area contributed by atoms with Crippen LogP contribution in [-0.4, -0.2) is 55.3 Å². The van der Waals surface area contributed by atoms with E-state index in [1.54, 1.807) is 36.1 Å². The van der Waals surface area contributed by atoms with Crippen molar-refractivity contribution in [3.63, 3.8) is 0 Å². The molecule has 1 saturated heterocycles. The van der Waals surface area contributed by atoms with E-state index in [9.17, 15) is 18.0 Å². The van der Waals surface area contributed by atoms with Gasteiger partial charge in [-0.1, -0.05) is 24.6 Å². The molecule has 0 aromatic heterocycles. The summed E-state index contributed by atoms with van der Waals surface area (Å²) in [6, 6.07) is 6.56. The van der Waals surface area contributed by atoms with Gasteiger partial charge in [-0.3, -0.25) is 8.98 Å². The van der Waals surface area contributed by atoms with Gasteiger partial charge in [-0.15, -0.1) is 0 Å². The van der Waals surface area contributed by atoms with Crippen LogP contribution >= 0.6 is 0 Å². The summed E-state index contributed by atoms with van der Waals surface area (Å²) in [6.45, 7) is 9.77. The summed E-state index contributed by atoms with van der Waals surface area (Å²) in [5.41, 5.74) is 0.443. The van der Waals surface area contributed by atoms with Crippen molar-refractivity contribution in [2.45, 2.75) is 70.5 Å². The molecule has 1 aromatic carbocycles. The fraction of sp³-hybridized carbons (Fsp3) is 0.600. The highest BCUT2D eigenvalue weighted by atomic mass is 32.2. The quantitative estimate of drug-likeness (QED) is 0.728. The molecular formula is C20H31NO7S. The zero-order valence-corrected chi connectivity index (χ0v) is 18.5. The van der Waals surface area contributed by atoms with Gasteiger partial charge in [-0.2, -0.15) is 8.42 Å². The summed E-state index contributed by atoms with van der Waals surface area (Å²) in [7, 11) is -3.78. The SMILES string of the molecule is CCC(=O)O.Cc1ccc(S(=O)(=O)OC2CCN(C(=O)OC(C)(C)C)CC2)cc1. The number of piperidine rings is 1. The number of carboxylic acid groups (broad SMARTS) is 1. The summed E-state index contributed by atoms with van der Waals surface area (Å²) in [5.74, 6) is -0.745. The Morgan fingerprint density at radius 1 is 1.14 bits per heavy atom. The van der Waals surface area contributed by atoms with Crippen molar-refractivity contribution in [2.24, 2.45) is 0 Å². The molecule has 29 heavy (non-hydrogen) atoms. The number of carbonyl (C=O) groups excluding carboxylic acids is 1. The molecule has 164 valence electrons. The standard InChI is InChI=1S/C17H25NO5S.C3H6O2/c1-13-5-7-15(8-6-13)24(20,21)23-14-9-11-18(12-10-14)16(19)22-17(2,3)4;1-2-3(4)5/h5-8,14H,9-12H2,1-4H3;2H2,1H3,(H,4,5). The lowest BCUT2D eigenvalue weighted by molar-refractivity contribution is -0.136. The summed E-state index contributed by atoms with van der Waals surface area (Å²) in [5, 5.41) is 7.72. The molecule has 0 bridgehead atoms. The fourth-order valence-corrected chi connectivity index (χ4v) is 3.53. The molecule has 0 unspecified atom stereocenters. The first kappa shape index (κ1) is 24.9. The van der Waals surface area contributed by atoms with Crippen LogP contribution in [0.15, 0.2) is 29.2 Å². The Hall–Kier alpha value is -2.13. The Bertz CT molecular complexity index is 774. The van der Waals surface area contributed by atoms with Gasteiger partial charge in [0.2, 0.25) is 0 Å². The second-order valence-corrected chi connectivity index (χ2v) is 9.35. The highest BCUT2D eigenvalue weighted by Crippen LogP contribution is 2.22. The van der Waals surface area contributed by atoms with E-state index in [1.807, 2.05) is 27.7 Å². The molecule has 0 radical (unpaired) electrons. The lowest BCUT2D eigenvalue weighted by Gasteiger charge is -2.33. The maximum Gasteiger partial charge on any atom is 0.410 e. The summed E-state index contributed by atoms with van der Waals surface area (Å²) < 4.78 is 35.2. The Labute approximate surface area is 172 Å². The molecule has 0 spiro atoms. The van der Waals surface area contributed by atoms with Crippen molar-refractivity contribution in [3.05, 3.63) is 29.8 Å². The van der Waals surface area contributed by atoms with E-state index in [-0.39, 0.29) is 17.4 Å². The number of aliphatic carboxylic acids is 1. The molecule has 1 aliphatic rings. The predicted octanol–water partition coefficient (Wildman–Crippen LogP) is 3.58. The van der Waals surface area contributed by atoms with E-state index < -0.39 is 27.8 Å². The van der Waals surface area contributed by atoms with Gasteiger partial charge in [0.25, 0.3) is 10.1 Å². The number of ether oxygens (including phenoxy) is 1. The van der Waals surface area contributed by atoms with E-state index in [2.05, 4.69) is 0 Å². The summed E-state index contributed by atoms with van der Waals surface area (Å²) in [6.07, 6.45) is 0.353. The van der Waals surface area contributed by atoms with Crippen LogP contribution in [0.25, 0.3) is 0 Å². The molecule has 1 aromatic rings. The average molecular weight is 430 g/mol. The highest BCUT2D eigenvalue weighted by Gasteiger charge is 2.30. The average Bonchev–Trinajstić information content (AvgIpc) is 2.61. The van der Waals surface area contributed by atoms with E-state index in [0.29, 0.717) is 25.9 Å². The van der Waals surface area contributed by atoms with E-state index >= 15 is 0 Å². The van der Waals surface area contributed by atoms with Gasteiger partial charge in [-0.05, 0) is 52.7 Å². The maximum atomic E-state index is 12.3. The smallest absolute Gasteiger partial charge is 0.410 e. The first-order valence-electron chi connectivity index (χ1n) is 9.53. The first-order valence-corrected chi connectivity index (χ1v) is 10.9. The largest absolute Gasteiger partial charge is 0.481 e. The fourth-order valence-electron chi connectivity index (χ4n) is 2.40. The Morgan fingerprint density at radius 3 is 2.03 bits per heavy atom. The van der Waals surface area contributed by atoms with E-state index in [4.69, 9.17) is 14.0 Å². The lowest BCUT2D eigenvalue weighted by Crippen LogP contribution is -2.43. The van der Waals surface area contributed by atoms with Crippen molar-refractivity contribution < 1.29 is 32.0 Å². The molecule has 9 heteroatoms. The van der Waals surface area contributed by atoms with Crippen molar-refractivity contribution in [3.8, 4) is 0 Å². The normalized spacial score (nSPS) is 15.3. The molecule has 0 saturated carbocycles. The molecule has 1 heterocycles. The number of aryl methyl sites for hydroxylation is 1. The Kier molecular flexibility index (Phi) is 9.10. The van der Waals surface area contributed by atoms with Crippen LogP contribution in [-0.2, 0) is 23.8 Å². The van der Waals surface area contributed by atoms with Gasteiger partial charge in [0, 0.05) is 19.5 Å². The van der Waals surface area contributed by atoms with Crippen LogP contribution in [0.2, 0.25) is 0 Å². The number of likely N-dealkylation sites (tertiary alicyclic amines) is 1. The van der Waals surface area contributed by atoms with Crippen LogP contribution in [0.3, 0.4) is 0 Å². The number of rotatable bonds is 4. The van der Waals surface area contributed by atoms with Gasteiger partial charge in [0.15, 0.2) is 0 Å². The number of nitrogens with zero attached hydrogens (tertiary/aromatic N) is 1. The van der Waals surface area contributed by atoms with Crippen molar-refractivity contribution in [2.75, 3.05) is 13.1 Å². The van der Waals surface area contributed by atoms with Gasteiger partial charge in [0.05, 0.1) is 11.0 Å². The summed E-state index contributed by atoms with van der Waals surface area (Å²) in [4.78, 5) is 23.1. The van der Waals surface area contributed by atoms with Gasteiger partial charge in [-0.25, -0.2) is 4.79 Å². The minimum atomic E-state index is -3.78. The van der Waals surface area contributed by atoms with Gasteiger partial charge in [0.1, 0.15) is 5.60 Å². The Balaban J connectivity index is 0.000000749. The van der Waals surface area contributed by atoms with Crippen LogP contribution < -0.4 is 0 Å². The number of amides is 1. The molecule has 1 amide bonds. The number of carbonyl (C=O) groups is 2. The number of carboxylic acids is 1. The number of benzene rings is 1. The molecule has 0 atom stereocenters. The molecule has 8 nitrogen and oxygen atoms in total. The third kappa shape index (κ3) is 9.27. The van der Waals surface area contributed by atoms with Gasteiger partial charge >= 0.3 is 12.1 Å². The minimum absolute atomic E-state index is 0.155. The van der Waals surface area contributed by atoms with Crippen molar-refractivity contribution in [1.29, 1.82) is 0 Å². The third-order valence-electron chi connectivity index (χ3n) is 3.97. The Morgan fingerprint density at radius 2 is 1.62 bits per heavy atom. The number of hydrogen-bond acceptors (Lipinski definition) is 6. The molecule has 0 aliphatic carbocycles. The molecular weight excluding hydrogens is 398 g/mol. The predicted molar refractivity (Wildman–Crippen MR) is 108 cm³/mol. The van der Waals surface area contributed by atoms with Crippen LogP contribution in [0.5, 0.6) is 0 Å². The molecule has 1 aliphatic heterocycles. The van der Waals surface area contributed by atoms with E-state index in [1.165, 1.54) is 0 Å². The first-order chi connectivity index (χ1) is 13.3. The van der Waals surface area contributed by atoms with Crippen LogP contribution in [0.4, 0.5) is 4.79 Å². The van der Waals surface area contributed by atoms with E-state index in [0.717, 1.165) is 5.56 Å². The van der Waals surface area contributed by atoms with Crippen LogP contribution in [0.1, 0.15) is 52.5 Å². The second-order valence-electron chi connectivity index (χ2n) is 7.78. The molecule has 1 N–H and O–H groups in total. The minimum Gasteiger partial charge on any atom is -0.481 e. The maximum absolute atomic E-state index is 12.3. The third-order valence-corrected chi connectivity index (χ3v) is 5.34. The zero-order chi connectivity index (χ0) is 22.2. The summed E-state index contributed by atoms with van der Waals surface area (Å²) >= 11 is 0. The highest BCUT2D eigenvalue weighted by molar-refractivity contribution is 7.86. The topological polar surface area (TPSA) is 110 Å². The van der Waals surface area contributed by atoms with Crippen molar-refractivity contribution >= 4 is 22.2 Å². The number of hydrogen-bond donors (Lipinski definition) is 1. The monoisotopic (exact) mass is 429 g/mol. The van der Waals surface area contributed by atoms with Crippen LogP contribution in [0, 0.1) is 6.92 Å². The molecule has 2 rings (SSSR count). The van der Waals surface area contributed by atoms with Crippen molar-refractivity contribution in [1.82, 2.24) is 4.90 Å². The lowest BCUT2D eigenvalue weighted by atomic mass is 10.1. The molecule has 1 fully saturated rings. The van der Waals surface area contributed by atoms with Gasteiger partial charge < -0.3 is 14.7 Å². The second kappa shape index (κ2) is 10.6. The zero-order valence-electron chi connectivity index (χ0n) is 17.7.